The molecule has 8 nitrogen and oxygen atoms in total. The van der Waals surface area contributed by atoms with Crippen molar-refractivity contribution < 1.29 is 46.1 Å². The SMILES string of the molecule is COc1cc(C(=O)NCC(O)(c2nc(-c3ccc(F)cc3)c(F)c(C(C)(C)O)c2F)C(F)(F)F)cc2cc(C)nnc12. The summed E-state index contributed by atoms with van der Waals surface area (Å²) in [5.74, 6) is -5.30. The van der Waals surface area contributed by atoms with Crippen molar-refractivity contribution in [3.05, 3.63) is 82.4 Å². The van der Waals surface area contributed by atoms with Crippen LogP contribution < -0.4 is 10.1 Å². The zero-order valence-corrected chi connectivity index (χ0v) is 22.6. The number of benzene rings is 2. The molecule has 2 aromatic carbocycles. The minimum absolute atomic E-state index is 0.0845. The summed E-state index contributed by atoms with van der Waals surface area (Å²) in [5.41, 5.74) is -10.1. The van der Waals surface area contributed by atoms with Crippen LogP contribution in [-0.2, 0) is 11.2 Å². The lowest BCUT2D eigenvalue weighted by molar-refractivity contribution is -0.266. The second kappa shape index (κ2) is 10.8. The van der Waals surface area contributed by atoms with Crippen molar-refractivity contribution in [2.45, 2.75) is 38.1 Å². The highest BCUT2D eigenvalue weighted by Gasteiger charge is 2.58. The van der Waals surface area contributed by atoms with Gasteiger partial charge in [0.25, 0.3) is 5.91 Å². The summed E-state index contributed by atoms with van der Waals surface area (Å²) in [6.45, 7) is 1.80. The number of ether oxygens (including phenoxy) is 1. The highest BCUT2D eigenvalue weighted by atomic mass is 19.4. The molecule has 0 radical (unpaired) electrons. The molecule has 0 aliphatic rings. The van der Waals surface area contributed by atoms with Crippen molar-refractivity contribution in [1.82, 2.24) is 20.5 Å². The maximum Gasteiger partial charge on any atom is 0.424 e. The second-order valence-corrected chi connectivity index (χ2v) is 10.0. The van der Waals surface area contributed by atoms with E-state index in [-0.39, 0.29) is 22.4 Å². The number of rotatable bonds is 7. The standard InChI is InChI=1S/C28H24F6N4O4/c1-13-9-15-10-16(11-18(42-4)22(15)38-37-13)25(39)35-12-27(41,28(32,33)34)24-21(31)19(26(2,3)40)20(30)23(36-24)14-5-7-17(29)8-6-14/h5-11,40-41H,12H2,1-4H3,(H,35,39). The number of nitrogens with zero attached hydrogens (tertiary/aromatic N) is 3. The smallest absolute Gasteiger partial charge is 0.424 e. The average Bonchev–Trinajstić information content (AvgIpc) is 2.90. The van der Waals surface area contributed by atoms with Crippen LogP contribution in [0.2, 0.25) is 0 Å². The molecule has 1 atom stereocenters. The minimum atomic E-state index is -5.67. The van der Waals surface area contributed by atoms with Crippen molar-refractivity contribution >= 4 is 16.8 Å². The first-order valence-corrected chi connectivity index (χ1v) is 12.3. The maximum absolute atomic E-state index is 15.6. The first-order chi connectivity index (χ1) is 19.5. The number of amides is 1. The third-order valence-corrected chi connectivity index (χ3v) is 6.43. The van der Waals surface area contributed by atoms with E-state index in [0.717, 1.165) is 38.1 Å². The summed E-state index contributed by atoms with van der Waals surface area (Å²) in [5, 5.41) is 31.6. The molecule has 0 spiro atoms. The van der Waals surface area contributed by atoms with Crippen LogP contribution in [0.1, 0.15) is 41.2 Å². The lowest BCUT2D eigenvalue weighted by Crippen LogP contribution is -2.52. The number of methoxy groups -OCH3 is 1. The highest BCUT2D eigenvalue weighted by molar-refractivity contribution is 5.99. The van der Waals surface area contributed by atoms with Gasteiger partial charge in [-0.2, -0.15) is 18.3 Å². The number of halogens is 6. The molecule has 2 aromatic heterocycles. The van der Waals surface area contributed by atoms with Gasteiger partial charge in [0.05, 0.1) is 30.5 Å². The first kappa shape index (κ1) is 30.7. The number of pyridine rings is 1. The Morgan fingerprint density at radius 1 is 0.976 bits per heavy atom. The van der Waals surface area contributed by atoms with E-state index in [0.29, 0.717) is 11.1 Å². The fraction of sp³-hybridized carbons (Fsp3) is 0.286. The van der Waals surface area contributed by atoms with E-state index in [1.54, 1.807) is 13.0 Å². The Kier molecular flexibility index (Phi) is 7.91. The largest absolute Gasteiger partial charge is 0.494 e. The summed E-state index contributed by atoms with van der Waals surface area (Å²) in [4.78, 5) is 16.5. The third-order valence-electron chi connectivity index (χ3n) is 6.43. The van der Waals surface area contributed by atoms with Crippen LogP contribution in [0.4, 0.5) is 26.3 Å². The molecule has 0 aliphatic carbocycles. The van der Waals surface area contributed by atoms with Gasteiger partial charge in [-0.3, -0.25) is 4.79 Å². The molecule has 0 saturated carbocycles. The number of aryl methyl sites for hydroxylation is 1. The molecule has 2 heterocycles. The molecule has 0 saturated heterocycles. The van der Waals surface area contributed by atoms with Crippen molar-refractivity contribution in [2.24, 2.45) is 0 Å². The Morgan fingerprint density at radius 3 is 2.19 bits per heavy atom. The van der Waals surface area contributed by atoms with E-state index in [4.69, 9.17) is 4.74 Å². The number of aliphatic hydroxyl groups is 2. The van der Waals surface area contributed by atoms with Gasteiger partial charge in [-0.05, 0) is 63.2 Å². The summed E-state index contributed by atoms with van der Waals surface area (Å²) in [7, 11) is 1.28. The van der Waals surface area contributed by atoms with Crippen LogP contribution in [0, 0.1) is 24.4 Å². The van der Waals surface area contributed by atoms with Gasteiger partial charge >= 0.3 is 6.18 Å². The molecule has 14 heteroatoms. The van der Waals surface area contributed by atoms with E-state index in [1.807, 2.05) is 5.32 Å². The molecule has 0 bridgehead atoms. The first-order valence-electron chi connectivity index (χ1n) is 12.3. The van der Waals surface area contributed by atoms with Crippen LogP contribution in [0.15, 0.2) is 42.5 Å². The Morgan fingerprint density at radius 2 is 1.62 bits per heavy atom. The van der Waals surface area contributed by atoms with Crippen LogP contribution in [-0.4, -0.2) is 51.1 Å². The van der Waals surface area contributed by atoms with Crippen molar-refractivity contribution in [1.29, 1.82) is 0 Å². The Balaban J connectivity index is 1.83. The van der Waals surface area contributed by atoms with E-state index in [2.05, 4.69) is 15.2 Å². The van der Waals surface area contributed by atoms with E-state index >= 15 is 8.78 Å². The lowest BCUT2D eigenvalue weighted by atomic mass is 9.89. The molecule has 1 amide bonds. The summed E-state index contributed by atoms with van der Waals surface area (Å²) >= 11 is 0. The molecule has 0 aliphatic heterocycles. The average molecular weight is 595 g/mol. The number of aromatic nitrogens is 3. The third kappa shape index (κ3) is 5.59. The van der Waals surface area contributed by atoms with Gasteiger partial charge < -0.3 is 20.3 Å². The number of hydrogen-bond acceptors (Lipinski definition) is 7. The van der Waals surface area contributed by atoms with Gasteiger partial charge in [0, 0.05) is 16.5 Å². The van der Waals surface area contributed by atoms with Gasteiger partial charge in [0.2, 0.25) is 5.60 Å². The molecule has 1 unspecified atom stereocenters. The van der Waals surface area contributed by atoms with Gasteiger partial charge in [-0.25, -0.2) is 18.2 Å². The van der Waals surface area contributed by atoms with Crippen LogP contribution >= 0.6 is 0 Å². The molecule has 3 N–H and O–H groups in total. The molecule has 0 fully saturated rings. The number of hydrogen-bond donors (Lipinski definition) is 3. The summed E-state index contributed by atoms with van der Waals surface area (Å²) < 4.78 is 93.1. The van der Waals surface area contributed by atoms with Gasteiger partial charge in [-0.1, -0.05) is 0 Å². The number of carbonyl (C=O) groups excluding carboxylic acids is 1. The molecular formula is C28H24F6N4O4. The molecule has 42 heavy (non-hydrogen) atoms. The molecule has 4 aromatic rings. The van der Waals surface area contributed by atoms with E-state index in [1.165, 1.54) is 19.2 Å². The van der Waals surface area contributed by atoms with Crippen molar-refractivity contribution in [3.63, 3.8) is 0 Å². The topological polar surface area (TPSA) is 117 Å². The zero-order chi connectivity index (χ0) is 31.2. The molecular weight excluding hydrogens is 570 g/mol. The maximum atomic E-state index is 15.6. The fourth-order valence-corrected chi connectivity index (χ4v) is 4.30. The number of fused-ring (bicyclic) bond motifs is 1. The summed E-state index contributed by atoms with van der Waals surface area (Å²) in [6, 6.07) is 7.73. The zero-order valence-electron chi connectivity index (χ0n) is 22.6. The minimum Gasteiger partial charge on any atom is -0.494 e. The predicted octanol–water partition coefficient (Wildman–Crippen LogP) is 4.83. The van der Waals surface area contributed by atoms with Gasteiger partial charge in [-0.15, -0.1) is 5.10 Å². The number of alkyl halides is 3. The van der Waals surface area contributed by atoms with E-state index < -0.39 is 64.2 Å². The number of nitrogens with one attached hydrogen (secondary N) is 1. The fourth-order valence-electron chi connectivity index (χ4n) is 4.30. The highest BCUT2D eigenvalue weighted by Crippen LogP contribution is 2.43. The number of carbonyl (C=O) groups is 1. The van der Waals surface area contributed by atoms with Crippen LogP contribution in [0.25, 0.3) is 22.2 Å². The molecule has 4 rings (SSSR count). The predicted molar refractivity (Wildman–Crippen MR) is 138 cm³/mol. The normalized spacial score (nSPS) is 13.6. The van der Waals surface area contributed by atoms with Crippen molar-refractivity contribution in [3.8, 4) is 17.0 Å². The Labute approximate surface area is 235 Å². The lowest BCUT2D eigenvalue weighted by Gasteiger charge is -2.32. The molecule has 222 valence electrons. The Bertz CT molecular complexity index is 1670. The van der Waals surface area contributed by atoms with Gasteiger partial charge in [0.15, 0.2) is 11.6 Å². The monoisotopic (exact) mass is 594 g/mol. The van der Waals surface area contributed by atoms with Gasteiger partial charge in [0.1, 0.15) is 28.5 Å². The van der Waals surface area contributed by atoms with E-state index in [9.17, 15) is 32.6 Å². The Hall–Kier alpha value is -4.30. The van der Waals surface area contributed by atoms with Crippen molar-refractivity contribution in [2.75, 3.05) is 13.7 Å². The second-order valence-electron chi connectivity index (χ2n) is 10.0. The summed E-state index contributed by atoms with van der Waals surface area (Å²) in [6.07, 6.45) is -5.67. The quantitative estimate of drug-likeness (QED) is 0.263. The van der Waals surface area contributed by atoms with Crippen LogP contribution in [0.3, 0.4) is 0 Å². The van der Waals surface area contributed by atoms with Crippen LogP contribution in [0.5, 0.6) is 5.75 Å².